The molecule has 1 aliphatic heterocycles. The van der Waals surface area contributed by atoms with Crippen LogP contribution in [0.3, 0.4) is 0 Å². The summed E-state index contributed by atoms with van der Waals surface area (Å²) in [5.41, 5.74) is 3.09. The first-order chi connectivity index (χ1) is 10.1. The summed E-state index contributed by atoms with van der Waals surface area (Å²) in [7, 11) is 0. The zero-order chi connectivity index (χ0) is 14.8. The van der Waals surface area contributed by atoms with Gasteiger partial charge in [0.15, 0.2) is 11.5 Å². The van der Waals surface area contributed by atoms with Gasteiger partial charge in [-0.1, -0.05) is 0 Å². The van der Waals surface area contributed by atoms with Crippen molar-refractivity contribution in [2.24, 2.45) is 0 Å². The second kappa shape index (κ2) is 5.60. The Bertz CT molecular complexity index is 658. The molecule has 21 heavy (non-hydrogen) atoms. The summed E-state index contributed by atoms with van der Waals surface area (Å²) < 4.78 is 11.1. The van der Waals surface area contributed by atoms with E-state index in [1.807, 2.05) is 38.2 Å². The predicted octanol–water partition coefficient (Wildman–Crippen LogP) is 3.04. The number of nitrogens with zero attached hydrogens (tertiary/aromatic N) is 2. The molecular weight excluding hydrogens is 266 g/mol. The minimum atomic E-state index is 0.119. The maximum absolute atomic E-state index is 5.60. The maximum Gasteiger partial charge on any atom is 0.163 e. The van der Waals surface area contributed by atoms with E-state index in [4.69, 9.17) is 9.47 Å². The molecule has 1 N–H and O–H groups in total. The molecule has 1 aromatic heterocycles. The van der Waals surface area contributed by atoms with Gasteiger partial charge in [0.05, 0.1) is 6.04 Å². The molecule has 0 radical (unpaired) electrons. The van der Waals surface area contributed by atoms with Gasteiger partial charge in [0.2, 0.25) is 0 Å². The van der Waals surface area contributed by atoms with E-state index in [0.717, 1.165) is 34.3 Å². The summed E-state index contributed by atoms with van der Waals surface area (Å²) in [5, 5.41) is 3.45. The third-order valence-electron chi connectivity index (χ3n) is 3.53. The van der Waals surface area contributed by atoms with Gasteiger partial charge in [-0.3, -0.25) is 0 Å². The SMILES string of the molecule is Cc1ncc(C(C)Nc2ccc3c(c2)OCCO3)c(C)n1. The Balaban J connectivity index is 1.79. The largest absolute Gasteiger partial charge is 0.486 e. The van der Waals surface area contributed by atoms with Crippen LogP contribution in [0.5, 0.6) is 11.5 Å². The van der Waals surface area contributed by atoms with Crippen molar-refractivity contribution in [2.75, 3.05) is 18.5 Å². The normalized spacial score (nSPS) is 14.6. The maximum atomic E-state index is 5.60. The van der Waals surface area contributed by atoms with E-state index in [9.17, 15) is 0 Å². The molecule has 1 aromatic carbocycles. The van der Waals surface area contributed by atoms with Gasteiger partial charge >= 0.3 is 0 Å². The first-order valence-electron chi connectivity index (χ1n) is 7.10. The molecule has 1 aliphatic rings. The number of aryl methyl sites for hydroxylation is 2. The zero-order valence-corrected chi connectivity index (χ0v) is 12.5. The molecule has 2 heterocycles. The summed E-state index contributed by atoms with van der Waals surface area (Å²) in [6.45, 7) is 7.20. The molecule has 0 aliphatic carbocycles. The monoisotopic (exact) mass is 285 g/mol. The van der Waals surface area contributed by atoms with Gasteiger partial charge in [-0.05, 0) is 32.9 Å². The summed E-state index contributed by atoms with van der Waals surface area (Å²) in [6, 6.07) is 6.01. The highest BCUT2D eigenvalue weighted by molar-refractivity contribution is 5.56. The number of rotatable bonds is 3. The highest BCUT2D eigenvalue weighted by Crippen LogP contribution is 2.33. The third-order valence-corrected chi connectivity index (χ3v) is 3.53. The van der Waals surface area contributed by atoms with Crippen LogP contribution in [0.1, 0.15) is 30.0 Å². The van der Waals surface area contributed by atoms with Crippen LogP contribution in [0.25, 0.3) is 0 Å². The van der Waals surface area contributed by atoms with E-state index in [0.29, 0.717) is 13.2 Å². The second-order valence-corrected chi connectivity index (χ2v) is 5.18. The summed E-state index contributed by atoms with van der Waals surface area (Å²) >= 11 is 0. The van der Waals surface area contributed by atoms with Crippen molar-refractivity contribution in [1.29, 1.82) is 0 Å². The van der Waals surface area contributed by atoms with E-state index in [1.54, 1.807) is 0 Å². The Morgan fingerprint density at radius 2 is 1.90 bits per heavy atom. The fourth-order valence-corrected chi connectivity index (χ4v) is 2.48. The van der Waals surface area contributed by atoms with Crippen LogP contribution in [-0.2, 0) is 0 Å². The van der Waals surface area contributed by atoms with Crippen LogP contribution in [-0.4, -0.2) is 23.2 Å². The standard InChI is InChI=1S/C16H19N3O2/c1-10-14(9-17-12(3)18-10)11(2)19-13-4-5-15-16(8-13)21-7-6-20-15/h4-5,8-9,11,19H,6-7H2,1-3H3. The van der Waals surface area contributed by atoms with Gasteiger partial charge in [-0.15, -0.1) is 0 Å². The molecule has 0 saturated carbocycles. The molecule has 110 valence electrons. The quantitative estimate of drug-likeness (QED) is 0.939. The lowest BCUT2D eigenvalue weighted by Crippen LogP contribution is -2.16. The van der Waals surface area contributed by atoms with Gasteiger partial charge in [-0.25, -0.2) is 9.97 Å². The molecule has 0 amide bonds. The Morgan fingerprint density at radius 3 is 2.67 bits per heavy atom. The predicted molar refractivity (Wildman–Crippen MR) is 81.0 cm³/mol. The first kappa shape index (κ1) is 13.7. The second-order valence-electron chi connectivity index (χ2n) is 5.18. The number of hydrogen-bond acceptors (Lipinski definition) is 5. The lowest BCUT2D eigenvalue weighted by Gasteiger charge is -2.21. The van der Waals surface area contributed by atoms with Gasteiger partial charge in [-0.2, -0.15) is 0 Å². The molecule has 2 aromatic rings. The van der Waals surface area contributed by atoms with Crippen molar-refractivity contribution in [1.82, 2.24) is 9.97 Å². The fourth-order valence-electron chi connectivity index (χ4n) is 2.48. The first-order valence-corrected chi connectivity index (χ1v) is 7.10. The summed E-state index contributed by atoms with van der Waals surface area (Å²) in [5.74, 6) is 2.38. The molecular formula is C16H19N3O2. The molecule has 5 heteroatoms. The van der Waals surface area contributed by atoms with Crippen LogP contribution in [0.2, 0.25) is 0 Å². The number of nitrogens with one attached hydrogen (secondary N) is 1. The number of fused-ring (bicyclic) bond motifs is 1. The third kappa shape index (κ3) is 2.91. The van der Waals surface area contributed by atoms with Crippen LogP contribution in [0, 0.1) is 13.8 Å². The molecule has 0 fully saturated rings. The number of anilines is 1. The number of aromatic nitrogens is 2. The van der Waals surface area contributed by atoms with Crippen molar-refractivity contribution >= 4 is 5.69 Å². The van der Waals surface area contributed by atoms with Crippen LogP contribution in [0.4, 0.5) is 5.69 Å². The minimum Gasteiger partial charge on any atom is -0.486 e. The van der Waals surface area contributed by atoms with Crippen molar-refractivity contribution in [3.63, 3.8) is 0 Å². The molecule has 5 nitrogen and oxygen atoms in total. The molecule has 0 spiro atoms. The van der Waals surface area contributed by atoms with Gasteiger partial charge in [0.1, 0.15) is 19.0 Å². The summed E-state index contributed by atoms with van der Waals surface area (Å²) in [4.78, 5) is 8.69. The fraction of sp³-hybridized carbons (Fsp3) is 0.375. The van der Waals surface area contributed by atoms with Crippen molar-refractivity contribution in [3.05, 3.63) is 41.5 Å². The minimum absolute atomic E-state index is 0.119. The number of benzene rings is 1. The summed E-state index contributed by atoms with van der Waals surface area (Å²) in [6.07, 6.45) is 1.88. The Morgan fingerprint density at radius 1 is 1.14 bits per heavy atom. The average molecular weight is 285 g/mol. The lowest BCUT2D eigenvalue weighted by molar-refractivity contribution is 0.171. The van der Waals surface area contributed by atoms with E-state index >= 15 is 0 Å². The van der Waals surface area contributed by atoms with E-state index in [1.165, 1.54) is 0 Å². The van der Waals surface area contributed by atoms with E-state index in [2.05, 4.69) is 22.2 Å². The molecule has 0 saturated heterocycles. The van der Waals surface area contributed by atoms with Gasteiger partial charge in [0, 0.05) is 29.2 Å². The van der Waals surface area contributed by atoms with E-state index in [-0.39, 0.29) is 6.04 Å². The zero-order valence-electron chi connectivity index (χ0n) is 12.5. The molecule has 0 bridgehead atoms. The van der Waals surface area contributed by atoms with Crippen molar-refractivity contribution < 1.29 is 9.47 Å². The Labute approximate surface area is 124 Å². The highest BCUT2D eigenvalue weighted by Gasteiger charge is 2.14. The molecule has 1 atom stereocenters. The lowest BCUT2D eigenvalue weighted by atomic mass is 10.1. The van der Waals surface area contributed by atoms with Crippen LogP contribution in [0.15, 0.2) is 24.4 Å². The number of ether oxygens (including phenoxy) is 2. The van der Waals surface area contributed by atoms with Crippen molar-refractivity contribution in [3.8, 4) is 11.5 Å². The Hall–Kier alpha value is -2.30. The molecule has 1 unspecified atom stereocenters. The highest BCUT2D eigenvalue weighted by atomic mass is 16.6. The van der Waals surface area contributed by atoms with Gasteiger partial charge < -0.3 is 14.8 Å². The topological polar surface area (TPSA) is 56.3 Å². The van der Waals surface area contributed by atoms with Gasteiger partial charge in [0.25, 0.3) is 0 Å². The molecule has 3 rings (SSSR count). The van der Waals surface area contributed by atoms with E-state index < -0.39 is 0 Å². The smallest absolute Gasteiger partial charge is 0.163 e. The average Bonchev–Trinajstić information content (AvgIpc) is 2.47. The van der Waals surface area contributed by atoms with Crippen LogP contribution >= 0.6 is 0 Å². The number of hydrogen-bond donors (Lipinski definition) is 1. The van der Waals surface area contributed by atoms with Crippen molar-refractivity contribution in [2.45, 2.75) is 26.8 Å². The van der Waals surface area contributed by atoms with Crippen LogP contribution < -0.4 is 14.8 Å². The Kier molecular flexibility index (Phi) is 3.64.